The quantitative estimate of drug-likeness (QED) is 0.686. The van der Waals surface area contributed by atoms with E-state index in [0.717, 1.165) is 11.3 Å². The number of aromatic nitrogens is 5. The molecule has 0 fully saturated rings. The summed E-state index contributed by atoms with van der Waals surface area (Å²) in [6.07, 6.45) is 1.76. The number of halogens is 1. The van der Waals surface area contributed by atoms with Crippen LogP contribution in [0.4, 0.5) is 0 Å². The standard InChI is InChI=1S/C10H8ClN5OS/c11-3-8-4-16(15-13-8)5-9-12-10(17-14-9)7-1-2-18-6-7/h1-2,4,6H,3,5H2. The van der Waals surface area contributed by atoms with Gasteiger partial charge in [0.05, 0.1) is 23.3 Å². The van der Waals surface area contributed by atoms with Gasteiger partial charge in [0.1, 0.15) is 6.54 Å². The molecule has 3 heterocycles. The number of thiophene rings is 1. The molecule has 0 aliphatic heterocycles. The highest BCUT2D eigenvalue weighted by Crippen LogP contribution is 2.19. The molecule has 0 bridgehead atoms. The average Bonchev–Trinajstić information content (AvgIpc) is 3.10. The Morgan fingerprint density at radius 3 is 3.11 bits per heavy atom. The van der Waals surface area contributed by atoms with Crippen LogP contribution >= 0.6 is 22.9 Å². The summed E-state index contributed by atoms with van der Waals surface area (Å²) >= 11 is 7.23. The van der Waals surface area contributed by atoms with Crippen LogP contribution in [0.3, 0.4) is 0 Å². The Morgan fingerprint density at radius 1 is 1.44 bits per heavy atom. The topological polar surface area (TPSA) is 69.6 Å². The largest absolute Gasteiger partial charge is 0.334 e. The summed E-state index contributed by atoms with van der Waals surface area (Å²) in [5, 5.41) is 15.6. The molecule has 0 saturated carbocycles. The molecule has 3 rings (SSSR count). The van der Waals surface area contributed by atoms with Crippen LogP contribution in [0.25, 0.3) is 11.5 Å². The maximum Gasteiger partial charge on any atom is 0.258 e. The van der Waals surface area contributed by atoms with Gasteiger partial charge in [0, 0.05) is 5.38 Å². The summed E-state index contributed by atoms with van der Waals surface area (Å²) < 4.78 is 6.80. The number of alkyl halides is 1. The third-order valence-corrected chi connectivity index (χ3v) is 3.22. The molecular weight excluding hydrogens is 274 g/mol. The van der Waals surface area contributed by atoms with E-state index in [2.05, 4.69) is 20.5 Å². The lowest BCUT2D eigenvalue weighted by molar-refractivity contribution is 0.418. The molecule has 3 aromatic rings. The van der Waals surface area contributed by atoms with E-state index in [4.69, 9.17) is 16.1 Å². The van der Waals surface area contributed by atoms with E-state index in [1.807, 2.05) is 16.8 Å². The van der Waals surface area contributed by atoms with Gasteiger partial charge in [-0.1, -0.05) is 10.4 Å². The van der Waals surface area contributed by atoms with E-state index >= 15 is 0 Å². The third-order valence-electron chi connectivity index (χ3n) is 2.26. The molecule has 0 atom stereocenters. The van der Waals surface area contributed by atoms with Crippen LogP contribution in [0.1, 0.15) is 11.5 Å². The molecule has 92 valence electrons. The van der Waals surface area contributed by atoms with E-state index in [9.17, 15) is 0 Å². The van der Waals surface area contributed by atoms with Crippen molar-refractivity contribution in [1.82, 2.24) is 25.1 Å². The molecule has 0 aliphatic rings. The van der Waals surface area contributed by atoms with Gasteiger partial charge in [-0.05, 0) is 11.4 Å². The summed E-state index contributed by atoms with van der Waals surface area (Å²) in [5.41, 5.74) is 1.65. The van der Waals surface area contributed by atoms with E-state index in [1.54, 1.807) is 22.2 Å². The molecule has 0 unspecified atom stereocenters. The lowest BCUT2D eigenvalue weighted by atomic mass is 10.3. The molecule has 3 aromatic heterocycles. The van der Waals surface area contributed by atoms with Crippen LogP contribution in [0.15, 0.2) is 27.5 Å². The second kappa shape index (κ2) is 4.87. The summed E-state index contributed by atoms with van der Waals surface area (Å²) in [5.74, 6) is 1.41. The Balaban J connectivity index is 1.77. The average molecular weight is 282 g/mol. The summed E-state index contributed by atoms with van der Waals surface area (Å²) in [7, 11) is 0. The van der Waals surface area contributed by atoms with Crippen molar-refractivity contribution in [3.05, 3.63) is 34.5 Å². The fourth-order valence-corrected chi connectivity index (χ4v) is 2.20. The number of rotatable bonds is 4. The second-order valence-corrected chi connectivity index (χ2v) is 4.62. The second-order valence-electron chi connectivity index (χ2n) is 3.57. The van der Waals surface area contributed by atoms with Crippen LogP contribution in [-0.2, 0) is 12.4 Å². The Labute approximate surface area is 111 Å². The fraction of sp³-hybridized carbons (Fsp3) is 0.200. The summed E-state index contributed by atoms with van der Waals surface area (Å²) in [6.45, 7) is 0.414. The van der Waals surface area contributed by atoms with Crippen molar-refractivity contribution in [2.75, 3.05) is 0 Å². The maximum absolute atomic E-state index is 5.65. The van der Waals surface area contributed by atoms with E-state index in [-0.39, 0.29) is 0 Å². The molecule has 0 aliphatic carbocycles. The molecule has 0 aromatic carbocycles. The Morgan fingerprint density at radius 2 is 2.39 bits per heavy atom. The first-order valence-electron chi connectivity index (χ1n) is 5.15. The molecule has 0 saturated heterocycles. The van der Waals surface area contributed by atoms with Gasteiger partial charge in [0.15, 0.2) is 5.82 Å². The van der Waals surface area contributed by atoms with Gasteiger partial charge in [-0.15, -0.1) is 16.7 Å². The lowest BCUT2D eigenvalue weighted by Gasteiger charge is -1.91. The van der Waals surface area contributed by atoms with Crippen molar-refractivity contribution < 1.29 is 4.52 Å². The lowest BCUT2D eigenvalue weighted by Crippen LogP contribution is -2.02. The van der Waals surface area contributed by atoms with Gasteiger partial charge in [-0.2, -0.15) is 16.3 Å². The molecule has 0 amide bonds. The Hall–Kier alpha value is -1.73. The first kappa shape index (κ1) is 11.4. The monoisotopic (exact) mass is 281 g/mol. The first-order valence-corrected chi connectivity index (χ1v) is 6.63. The zero-order valence-electron chi connectivity index (χ0n) is 9.15. The Kier molecular flexibility index (Phi) is 3.07. The predicted octanol–water partition coefficient (Wildman–Crippen LogP) is 2.18. The molecule has 18 heavy (non-hydrogen) atoms. The van der Waals surface area contributed by atoms with E-state index in [0.29, 0.717) is 24.1 Å². The van der Waals surface area contributed by atoms with Crippen LogP contribution in [-0.4, -0.2) is 25.1 Å². The van der Waals surface area contributed by atoms with Gasteiger partial charge >= 0.3 is 0 Å². The summed E-state index contributed by atoms with van der Waals surface area (Å²) in [4.78, 5) is 4.29. The minimum absolute atomic E-state index is 0.340. The van der Waals surface area contributed by atoms with E-state index in [1.165, 1.54) is 0 Å². The maximum atomic E-state index is 5.65. The molecule has 6 nitrogen and oxygen atoms in total. The highest BCUT2D eigenvalue weighted by Gasteiger charge is 2.10. The minimum atomic E-state index is 0.340. The van der Waals surface area contributed by atoms with Crippen LogP contribution in [0.2, 0.25) is 0 Å². The van der Waals surface area contributed by atoms with Gasteiger partial charge in [-0.25, -0.2) is 4.68 Å². The first-order chi connectivity index (χ1) is 8.85. The third kappa shape index (κ3) is 2.27. The van der Waals surface area contributed by atoms with Crippen molar-refractivity contribution in [3.63, 3.8) is 0 Å². The Bertz CT molecular complexity index is 632. The van der Waals surface area contributed by atoms with Crippen LogP contribution < -0.4 is 0 Å². The minimum Gasteiger partial charge on any atom is -0.334 e. The number of hydrogen-bond donors (Lipinski definition) is 0. The fourth-order valence-electron chi connectivity index (χ4n) is 1.44. The molecule has 0 N–H and O–H groups in total. The van der Waals surface area contributed by atoms with Crippen molar-refractivity contribution in [2.45, 2.75) is 12.4 Å². The van der Waals surface area contributed by atoms with Crippen molar-refractivity contribution in [2.24, 2.45) is 0 Å². The van der Waals surface area contributed by atoms with Gasteiger partial charge in [-0.3, -0.25) is 0 Å². The zero-order chi connectivity index (χ0) is 12.4. The van der Waals surface area contributed by atoms with E-state index < -0.39 is 0 Å². The number of nitrogens with zero attached hydrogens (tertiary/aromatic N) is 5. The van der Waals surface area contributed by atoms with Gasteiger partial charge < -0.3 is 4.52 Å². The molecule has 0 radical (unpaired) electrons. The van der Waals surface area contributed by atoms with Gasteiger partial charge in [0.25, 0.3) is 5.89 Å². The molecule has 8 heteroatoms. The van der Waals surface area contributed by atoms with Crippen LogP contribution in [0.5, 0.6) is 0 Å². The normalized spacial score (nSPS) is 10.9. The zero-order valence-corrected chi connectivity index (χ0v) is 10.7. The summed E-state index contributed by atoms with van der Waals surface area (Å²) in [6, 6.07) is 1.93. The SMILES string of the molecule is ClCc1cn(Cc2noc(-c3ccsc3)n2)nn1. The van der Waals surface area contributed by atoms with Crippen molar-refractivity contribution >= 4 is 22.9 Å². The predicted molar refractivity (Wildman–Crippen MR) is 66.3 cm³/mol. The number of hydrogen-bond acceptors (Lipinski definition) is 6. The van der Waals surface area contributed by atoms with Crippen molar-refractivity contribution in [3.8, 4) is 11.5 Å². The van der Waals surface area contributed by atoms with Crippen molar-refractivity contribution in [1.29, 1.82) is 0 Å². The highest BCUT2D eigenvalue weighted by atomic mass is 35.5. The molecule has 0 spiro atoms. The molecular formula is C10H8ClN5OS. The van der Waals surface area contributed by atoms with Gasteiger partial charge in [0.2, 0.25) is 0 Å². The highest BCUT2D eigenvalue weighted by molar-refractivity contribution is 7.08. The van der Waals surface area contributed by atoms with Crippen LogP contribution in [0, 0.1) is 0 Å². The smallest absolute Gasteiger partial charge is 0.258 e.